The predicted octanol–water partition coefficient (Wildman–Crippen LogP) is 5.55. The standard InChI is InChI=1S/C18H17Cl2F2NOS2/c19-13-5-4-12(17(22)8-13)9-26-11-18(24)23-6-7-25-10-14-15(20)2-1-3-16(14)21/h1-5,8H,6-7,9-11H2,(H,23,24). The molecule has 0 aliphatic rings. The molecule has 140 valence electrons. The van der Waals surface area contributed by atoms with Gasteiger partial charge in [-0.15, -0.1) is 11.8 Å². The molecule has 1 amide bonds. The first-order valence-corrected chi connectivity index (χ1v) is 10.8. The van der Waals surface area contributed by atoms with Crippen molar-refractivity contribution in [2.45, 2.75) is 11.5 Å². The molecule has 0 bridgehead atoms. The lowest BCUT2D eigenvalue weighted by atomic mass is 10.2. The second-order valence-corrected chi connectivity index (χ2v) is 8.27. The van der Waals surface area contributed by atoms with Gasteiger partial charge >= 0.3 is 0 Å². The molecule has 0 unspecified atom stereocenters. The summed E-state index contributed by atoms with van der Waals surface area (Å²) < 4.78 is 27.2. The first-order valence-electron chi connectivity index (χ1n) is 7.76. The molecule has 0 saturated heterocycles. The Balaban J connectivity index is 1.60. The molecule has 2 nitrogen and oxygen atoms in total. The Labute approximate surface area is 170 Å². The molecule has 0 aromatic heterocycles. The molecule has 0 spiro atoms. The predicted molar refractivity (Wildman–Crippen MR) is 108 cm³/mol. The Morgan fingerprint density at radius 3 is 2.58 bits per heavy atom. The summed E-state index contributed by atoms with van der Waals surface area (Å²) in [5.74, 6) is 0.934. The van der Waals surface area contributed by atoms with Crippen molar-refractivity contribution >= 4 is 52.6 Å². The third-order valence-corrected chi connectivity index (χ3v) is 5.94. The highest BCUT2D eigenvalue weighted by molar-refractivity contribution is 7.99. The van der Waals surface area contributed by atoms with E-state index in [-0.39, 0.29) is 23.3 Å². The van der Waals surface area contributed by atoms with Crippen LogP contribution in [0.25, 0.3) is 0 Å². The van der Waals surface area contributed by atoms with E-state index in [0.717, 1.165) is 0 Å². The number of carbonyl (C=O) groups excluding carboxylic acids is 1. The van der Waals surface area contributed by atoms with Gasteiger partial charge in [-0.25, -0.2) is 8.78 Å². The largest absolute Gasteiger partial charge is 0.355 e. The average molecular weight is 436 g/mol. The van der Waals surface area contributed by atoms with E-state index >= 15 is 0 Å². The minimum absolute atomic E-state index is 0.117. The summed E-state index contributed by atoms with van der Waals surface area (Å²) in [4.78, 5) is 11.8. The third kappa shape index (κ3) is 6.99. The van der Waals surface area contributed by atoms with Crippen molar-refractivity contribution in [3.05, 3.63) is 69.2 Å². The highest BCUT2D eigenvalue weighted by Gasteiger charge is 2.08. The quantitative estimate of drug-likeness (QED) is 0.523. The highest BCUT2D eigenvalue weighted by atomic mass is 35.5. The number of nitrogens with one attached hydrogen (secondary N) is 1. The van der Waals surface area contributed by atoms with Crippen LogP contribution in [0.3, 0.4) is 0 Å². The van der Waals surface area contributed by atoms with Gasteiger partial charge in [0.25, 0.3) is 0 Å². The molecule has 0 radical (unpaired) electrons. The van der Waals surface area contributed by atoms with Crippen molar-refractivity contribution in [1.82, 2.24) is 5.32 Å². The van der Waals surface area contributed by atoms with E-state index in [2.05, 4.69) is 5.32 Å². The van der Waals surface area contributed by atoms with Crippen molar-refractivity contribution in [1.29, 1.82) is 0 Å². The van der Waals surface area contributed by atoms with Crippen molar-refractivity contribution in [2.24, 2.45) is 0 Å². The van der Waals surface area contributed by atoms with Crippen molar-refractivity contribution < 1.29 is 13.6 Å². The zero-order valence-corrected chi connectivity index (χ0v) is 16.9. The van der Waals surface area contributed by atoms with Crippen LogP contribution in [-0.4, -0.2) is 24.0 Å². The maximum Gasteiger partial charge on any atom is 0.230 e. The van der Waals surface area contributed by atoms with Gasteiger partial charge in [-0.2, -0.15) is 11.8 Å². The smallest absolute Gasteiger partial charge is 0.230 e. The van der Waals surface area contributed by atoms with Gasteiger partial charge in [0.2, 0.25) is 5.91 Å². The number of benzene rings is 2. The highest BCUT2D eigenvalue weighted by Crippen LogP contribution is 2.23. The first kappa shape index (κ1) is 21.4. The molecule has 2 aromatic rings. The number of hydrogen-bond donors (Lipinski definition) is 1. The first-order chi connectivity index (χ1) is 12.5. The topological polar surface area (TPSA) is 29.1 Å². The molecule has 2 aromatic carbocycles. The van der Waals surface area contributed by atoms with Crippen LogP contribution in [0.2, 0.25) is 10.0 Å². The molecular formula is C18H17Cl2F2NOS2. The number of carbonyl (C=O) groups is 1. The summed E-state index contributed by atoms with van der Waals surface area (Å²) in [6.07, 6.45) is 0. The van der Waals surface area contributed by atoms with Gasteiger partial charge in [-0.3, -0.25) is 4.79 Å². The molecular weight excluding hydrogens is 419 g/mol. The molecule has 1 N–H and O–H groups in total. The summed E-state index contributed by atoms with van der Waals surface area (Å²) >= 11 is 14.5. The van der Waals surface area contributed by atoms with Gasteiger partial charge in [-0.1, -0.05) is 35.3 Å². The van der Waals surface area contributed by atoms with Crippen LogP contribution in [0.1, 0.15) is 11.1 Å². The Bertz CT molecular complexity index is 742. The monoisotopic (exact) mass is 435 g/mol. The van der Waals surface area contributed by atoms with Gasteiger partial charge < -0.3 is 5.32 Å². The zero-order chi connectivity index (χ0) is 18.9. The molecule has 0 aliphatic heterocycles. The third-order valence-electron chi connectivity index (χ3n) is 3.38. The van der Waals surface area contributed by atoms with E-state index in [0.29, 0.717) is 45.0 Å². The zero-order valence-electron chi connectivity index (χ0n) is 13.7. The molecule has 0 heterocycles. The van der Waals surface area contributed by atoms with Gasteiger partial charge in [0.1, 0.15) is 11.6 Å². The van der Waals surface area contributed by atoms with Crippen LogP contribution in [0.4, 0.5) is 8.78 Å². The van der Waals surface area contributed by atoms with Gasteiger partial charge in [0.15, 0.2) is 0 Å². The molecule has 0 atom stereocenters. The van der Waals surface area contributed by atoms with E-state index < -0.39 is 0 Å². The summed E-state index contributed by atoms with van der Waals surface area (Å²) in [6, 6.07) is 9.11. The fraction of sp³-hybridized carbons (Fsp3) is 0.278. The van der Waals surface area contributed by atoms with Crippen molar-refractivity contribution in [3.63, 3.8) is 0 Å². The number of amides is 1. The van der Waals surface area contributed by atoms with Crippen LogP contribution in [0.5, 0.6) is 0 Å². The van der Waals surface area contributed by atoms with E-state index in [1.165, 1.54) is 35.7 Å². The van der Waals surface area contributed by atoms with Gasteiger partial charge in [-0.05, 0) is 29.8 Å². The summed E-state index contributed by atoms with van der Waals surface area (Å²) in [5.41, 5.74) is 0.996. The Morgan fingerprint density at radius 1 is 1.04 bits per heavy atom. The van der Waals surface area contributed by atoms with Gasteiger partial charge in [0.05, 0.1) is 5.75 Å². The van der Waals surface area contributed by atoms with Crippen LogP contribution >= 0.6 is 46.7 Å². The summed E-state index contributed by atoms with van der Waals surface area (Å²) in [6.45, 7) is 0.478. The van der Waals surface area contributed by atoms with Crippen LogP contribution in [0.15, 0.2) is 36.4 Å². The number of rotatable bonds is 9. The van der Waals surface area contributed by atoms with Crippen LogP contribution in [-0.2, 0) is 16.3 Å². The number of thioether (sulfide) groups is 2. The Kier molecular flexibility index (Phi) is 9.05. The Hall–Kier alpha value is -0.950. The lowest BCUT2D eigenvalue weighted by molar-refractivity contribution is -0.118. The van der Waals surface area contributed by atoms with E-state index in [4.69, 9.17) is 23.2 Å². The maximum absolute atomic E-state index is 13.6. The van der Waals surface area contributed by atoms with Gasteiger partial charge in [0, 0.05) is 39.4 Å². The fourth-order valence-electron chi connectivity index (χ4n) is 2.05. The second kappa shape index (κ2) is 11.0. The number of hydrogen-bond acceptors (Lipinski definition) is 3. The molecule has 8 heteroatoms. The van der Waals surface area contributed by atoms with Crippen molar-refractivity contribution in [2.75, 3.05) is 18.1 Å². The molecule has 2 rings (SSSR count). The van der Waals surface area contributed by atoms with E-state index in [9.17, 15) is 13.6 Å². The lowest BCUT2D eigenvalue weighted by Crippen LogP contribution is -2.27. The molecule has 26 heavy (non-hydrogen) atoms. The summed E-state index contributed by atoms with van der Waals surface area (Å²) in [7, 11) is 0. The van der Waals surface area contributed by atoms with E-state index in [1.54, 1.807) is 24.3 Å². The Morgan fingerprint density at radius 2 is 1.85 bits per heavy atom. The summed E-state index contributed by atoms with van der Waals surface area (Å²) in [5, 5.41) is 3.55. The van der Waals surface area contributed by atoms with Crippen LogP contribution < -0.4 is 5.32 Å². The molecule has 0 aliphatic carbocycles. The minimum atomic E-state index is -0.367. The average Bonchev–Trinajstić information content (AvgIpc) is 2.59. The fourth-order valence-corrected chi connectivity index (χ4v) is 4.25. The maximum atomic E-state index is 13.6. The number of halogens is 4. The van der Waals surface area contributed by atoms with E-state index in [1.807, 2.05) is 0 Å². The second-order valence-electron chi connectivity index (χ2n) is 5.33. The van der Waals surface area contributed by atoms with Crippen molar-refractivity contribution in [3.8, 4) is 0 Å². The minimum Gasteiger partial charge on any atom is -0.355 e. The SMILES string of the molecule is O=C(CSCc1ccc(Cl)cc1F)NCCSCc1c(F)cccc1Cl. The molecule has 0 fully saturated rings. The normalized spacial score (nSPS) is 10.8. The lowest BCUT2D eigenvalue weighted by Gasteiger charge is -2.07. The van der Waals surface area contributed by atoms with Crippen LogP contribution in [0, 0.1) is 11.6 Å². The molecule has 0 saturated carbocycles.